The zero-order valence-corrected chi connectivity index (χ0v) is 16.6. The summed E-state index contributed by atoms with van der Waals surface area (Å²) in [4.78, 5) is 21.5. The first kappa shape index (κ1) is 18.8. The van der Waals surface area contributed by atoms with Crippen LogP contribution in [0.4, 0.5) is 17.1 Å². The lowest BCUT2D eigenvalue weighted by molar-refractivity contribution is 0.0761. The van der Waals surface area contributed by atoms with E-state index in [1.54, 1.807) is 12.4 Å². The Bertz CT molecular complexity index is 775. The van der Waals surface area contributed by atoms with Gasteiger partial charge in [-0.3, -0.25) is 9.78 Å². The minimum absolute atomic E-state index is 0.0958. The molecule has 4 rings (SSSR count). The monoisotopic (exact) mass is 378 g/mol. The molecule has 0 unspecified atom stereocenters. The third-order valence-corrected chi connectivity index (χ3v) is 5.76. The molecule has 3 heterocycles. The minimum Gasteiger partial charge on any atom is -0.372 e. The first-order valence-corrected chi connectivity index (χ1v) is 10.7. The van der Waals surface area contributed by atoms with E-state index in [1.165, 1.54) is 37.8 Å². The van der Waals surface area contributed by atoms with Gasteiger partial charge in [0.2, 0.25) is 0 Å². The van der Waals surface area contributed by atoms with Crippen molar-refractivity contribution in [3.8, 4) is 0 Å². The van der Waals surface area contributed by atoms with Crippen molar-refractivity contribution in [2.24, 2.45) is 0 Å². The van der Waals surface area contributed by atoms with Crippen molar-refractivity contribution in [2.45, 2.75) is 44.9 Å². The molecule has 28 heavy (non-hydrogen) atoms. The van der Waals surface area contributed by atoms with Crippen molar-refractivity contribution in [3.63, 3.8) is 0 Å². The number of benzene rings is 1. The predicted molar refractivity (Wildman–Crippen MR) is 114 cm³/mol. The van der Waals surface area contributed by atoms with Gasteiger partial charge in [-0.2, -0.15) is 0 Å². The molecule has 2 fully saturated rings. The normalized spacial score (nSPS) is 17.9. The Labute approximate surface area is 167 Å². The lowest BCUT2D eigenvalue weighted by atomic mass is 10.1. The first-order valence-electron chi connectivity index (χ1n) is 10.7. The second kappa shape index (κ2) is 9.09. The number of hydrogen-bond donors (Lipinski definition) is 1. The van der Waals surface area contributed by atoms with Crippen molar-refractivity contribution >= 4 is 23.0 Å². The van der Waals surface area contributed by atoms with E-state index in [9.17, 15) is 4.79 Å². The molecule has 1 aromatic carbocycles. The van der Waals surface area contributed by atoms with E-state index in [2.05, 4.69) is 39.5 Å². The van der Waals surface area contributed by atoms with Crippen LogP contribution in [0.1, 0.15) is 55.3 Å². The van der Waals surface area contributed by atoms with E-state index in [0.717, 1.165) is 50.4 Å². The van der Waals surface area contributed by atoms with Crippen molar-refractivity contribution in [2.75, 3.05) is 36.4 Å². The van der Waals surface area contributed by atoms with E-state index < -0.39 is 0 Å². The molecular weight excluding hydrogens is 348 g/mol. The van der Waals surface area contributed by atoms with Gasteiger partial charge in [0.1, 0.15) is 0 Å². The van der Waals surface area contributed by atoms with Gasteiger partial charge in [-0.1, -0.05) is 12.8 Å². The molecule has 0 aliphatic carbocycles. The molecule has 5 heteroatoms. The fourth-order valence-electron chi connectivity index (χ4n) is 4.16. The first-order chi connectivity index (χ1) is 13.8. The van der Waals surface area contributed by atoms with Crippen LogP contribution in [-0.4, -0.2) is 42.0 Å². The average molecular weight is 379 g/mol. The number of rotatable bonds is 4. The topological polar surface area (TPSA) is 48.5 Å². The lowest BCUT2D eigenvalue weighted by Crippen LogP contribution is -2.31. The highest BCUT2D eigenvalue weighted by atomic mass is 16.2. The molecule has 1 N–H and O–H groups in total. The summed E-state index contributed by atoms with van der Waals surface area (Å²) in [7, 11) is 0. The van der Waals surface area contributed by atoms with Crippen molar-refractivity contribution in [3.05, 3.63) is 48.3 Å². The highest BCUT2D eigenvalue weighted by Gasteiger charge is 2.18. The van der Waals surface area contributed by atoms with Crippen molar-refractivity contribution < 1.29 is 4.79 Å². The molecule has 1 aromatic heterocycles. The van der Waals surface area contributed by atoms with Crippen LogP contribution in [0.25, 0.3) is 0 Å². The van der Waals surface area contributed by atoms with Crippen molar-refractivity contribution in [1.29, 1.82) is 0 Å². The molecule has 2 aliphatic rings. The summed E-state index contributed by atoms with van der Waals surface area (Å²) in [5, 5.41) is 3.39. The number of hydrogen-bond acceptors (Lipinski definition) is 4. The molecule has 0 atom stereocenters. The Morgan fingerprint density at radius 1 is 0.786 bits per heavy atom. The van der Waals surface area contributed by atoms with Gasteiger partial charge in [-0.25, -0.2) is 0 Å². The molecule has 2 saturated heterocycles. The Morgan fingerprint density at radius 2 is 1.43 bits per heavy atom. The molecule has 0 bridgehead atoms. The van der Waals surface area contributed by atoms with Crippen LogP contribution in [0.3, 0.4) is 0 Å². The number of amides is 1. The van der Waals surface area contributed by atoms with E-state index in [1.807, 2.05) is 11.0 Å². The number of carbonyl (C=O) groups is 1. The minimum atomic E-state index is 0.0958. The average Bonchev–Trinajstić information content (AvgIpc) is 3.04. The van der Waals surface area contributed by atoms with Gasteiger partial charge in [0, 0.05) is 43.8 Å². The Hall–Kier alpha value is -2.56. The number of likely N-dealkylation sites (tertiary alicyclic amines) is 1. The molecule has 148 valence electrons. The van der Waals surface area contributed by atoms with Crippen LogP contribution in [-0.2, 0) is 0 Å². The standard InChI is InChI=1S/C23H30N4O/c28-23(27-14-4-1-2-5-15-27)19-16-21(18-24-17-19)25-20-8-10-22(11-9-20)26-12-6-3-7-13-26/h8-11,16-18,25H,1-7,12-15H2. The van der Waals surface area contributed by atoms with Crippen LogP contribution in [0.5, 0.6) is 0 Å². The van der Waals surface area contributed by atoms with Gasteiger partial charge in [0.25, 0.3) is 5.91 Å². The highest BCUT2D eigenvalue weighted by molar-refractivity contribution is 5.95. The van der Waals surface area contributed by atoms with E-state index >= 15 is 0 Å². The maximum absolute atomic E-state index is 12.8. The third-order valence-electron chi connectivity index (χ3n) is 5.76. The summed E-state index contributed by atoms with van der Waals surface area (Å²) >= 11 is 0. The van der Waals surface area contributed by atoms with E-state index in [0.29, 0.717) is 5.56 Å². The molecule has 0 spiro atoms. The summed E-state index contributed by atoms with van der Waals surface area (Å²) in [5.41, 5.74) is 3.82. The van der Waals surface area contributed by atoms with Gasteiger partial charge >= 0.3 is 0 Å². The summed E-state index contributed by atoms with van der Waals surface area (Å²) in [6.07, 6.45) is 12.0. The number of carbonyl (C=O) groups excluding carboxylic acids is 1. The number of anilines is 3. The van der Waals surface area contributed by atoms with Gasteiger partial charge in [0.15, 0.2) is 0 Å². The maximum Gasteiger partial charge on any atom is 0.255 e. The van der Waals surface area contributed by atoms with Gasteiger partial charge in [-0.15, -0.1) is 0 Å². The van der Waals surface area contributed by atoms with Gasteiger partial charge < -0.3 is 15.1 Å². The smallest absolute Gasteiger partial charge is 0.255 e. The second-order valence-electron chi connectivity index (χ2n) is 7.89. The molecule has 5 nitrogen and oxygen atoms in total. The molecule has 2 aromatic rings. The second-order valence-corrected chi connectivity index (χ2v) is 7.89. The van der Waals surface area contributed by atoms with E-state index in [4.69, 9.17) is 0 Å². The van der Waals surface area contributed by atoms with Crippen LogP contribution in [0.2, 0.25) is 0 Å². The van der Waals surface area contributed by atoms with Crippen LogP contribution in [0.15, 0.2) is 42.7 Å². The quantitative estimate of drug-likeness (QED) is 0.828. The Morgan fingerprint density at radius 3 is 2.14 bits per heavy atom. The third kappa shape index (κ3) is 4.64. The summed E-state index contributed by atoms with van der Waals surface area (Å²) in [6.45, 7) is 4.01. The Balaban J connectivity index is 1.42. The van der Waals surface area contributed by atoms with Gasteiger partial charge in [0.05, 0.1) is 17.4 Å². The number of aromatic nitrogens is 1. The molecule has 0 radical (unpaired) electrons. The number of pyridine rings is 1. The van der Waals surface area contributed by atoms with Crippen LogP contribution < -0.4 is 10.2 Å². The largest absolute Gasteiger partial charge is 0.372 e. The molecule has 1 amide bonds. The maximum atomic E-state index is 12.8. The fourth-order valence-corrected chi connectivity index (χ4v) is 4.16. The SMILES string of the molecule is O=C(c1cncc(Nc2ccc(N3CCCCC3)cc2)c1)N1CCCCCC1. The van der Waals surface area contributed by atoms with Crippen LogP contribution >= 0.6 is 0 Å². The highest BCUT2D eigenvalue weighted by Crippen LogP contribution is 2.24. The zero-order valence-electron chi connectivity index (χ0n) is 16.6. The van der Waals surface area contributed by atoms with Gasteiger partial charge in [-0.05, 0) is 62.4 Å². The summed E-state index contributed by atoms with van der Waals surface area (Å²) in [6, 6.07) is 10.5. The lowest BCUT2D eigenvalue weighted by Gasteiger charge is -2.28. The predicted octanol–water partition coefficient (Wildman–Crippen LogP) is 4.83. The van der Waals surface area contributed by atoms with Crippen molar-refractivity contribution in [1.82, 2.24) is 9.88 Å². The van der Waals surface area contributed by atoms with Crippen LogP contribution in [0, 0.1) is 0 Å². The molecule has 2 aliphatic heterocycles. The number of nitrogens with one attached hydrogen (secondary N) is 1. The molecule has 0 saturated carbocycles. The summed E-state index contributed by atoms with van der Waals surface area (Å²) in [5.74, 6) is 0.0958. The summed E-state index contributed by atoms with van der Waals surface area (Å²) < 4.78 is 0. The number of piperidine rings is 1. The Kier molecular flexibility index (Phi) is 6.10. The molecular formula is C23H30N4O. The number of nitrogens with zero attached hydrogens (tertiary/aromatic N) is 3. The van der Waals surface area contributed by atoms with E-state index in [-0.39, 0.29) is 5.91 Å². The fraction of sp³-hybridized carbons (Fsp3) is 0.478. The zero-order chi connectivity index (χ0) is 19.2.